The predicted molar refractivity (Wildman–Crippen MR) is 60.0 cm³/mol. The highest BCUT2D eigenvalue weighted by Crippen LogP contribution is 2.15. The number of aromatic nitrogens is 2. The molecule has 0 amide bonds. The van der Waals surface area contributed by atoms with Crippen molar-refractivity contribution in [3.63, 3.8) is 0 Å². The van der Waals surface area contributed by atoms with E-state index in [1.807, 2.05) is 7.05 Å². The van der Waals surface area contributed by atoms with Gasteiger partial charge in [0.05, 0.1) is 11.9 Å². The van der Waals surface area contributed by atoms with Gasteiger partial charge in [0.2, 0.25) is 0 Å². The molecule has 5 nitrogen and oxygen atoms in total. The summed E-state index contributed by atoms with van der Waals surface area (Å²) in [6, 6.07) is -0.828. The van der Waals surface area contributed by atoms with E-state index in [1.54, 1.807) is 10.8 Å². The number of aliphatic carboxylic acids is 1. The van der Waals surface area contributed by atoms with E-state index < -0.39 is 12.0 Å². The Balaban J connectivity index is 2.38. The van der Waals surface area contributed by atoms with Crippen molar-refractivity contribution < 1.29 is 9.90 Å². The van der Waals surface area contributed by atoms with Crippen LogP contribution in [0.2, 0.25) is 5.15 Å². The van der Waals surface area contributed by atoms with E-state index in [1.165, 1.54) is 11.8 Å². The summed E-state index contributed by atoms with van der Waals surface area (Å²) in [4.78, 5) is 14.5. The molecule has 0 aliphatic heterocycles. The summed E-state index contributed by atoms with van der Waals surface area (Å²) >= 11 is 7.22. The highest BCUT2D eigenvalue weighted by Gasteiger charge is 2.12. The zero-order valence-corrected chi connectivity index (χ0v) is 9.75. The Morgan fingerprint density at radius 1 is 1.87 bits per heavy atom. The first-order valence-electron chi connectivity index (χ1n) is 4.24. The van der Waals surface area contributed by atoms with Crippen molar-refractivity contribution in [2.24, 2.45) is 12.8 Å². The van der Waals surface area contributed by atoms with Crippen molar-refractivity contribution in [2.75, 3.05) is 5.75 Å². The van der Waals surface area contributed by atoms with Crippen molar-refractivity contribution in [1.29, 1.82) is 0 Å². The zero-order valence-electron chi connectivity index (χ0n) is 8.18. The number of carboxylic acids is 1. The van der Waals surface area contributed by atoms with E-state index in [2.05, 4.69) is 4.98 Å². The number of imidazole rings is 1. The first-order chi connectivity index (χ1) is 7.02. The molecule has 0 spiro atoms. The molecule has 0 saturated heterocycles. The van der Waals surface area contributed by atoms with Crippen LogP contribution in [0.5, 0.6) is 0 Å². The van der Waals surface area contributed by atoms with Gasteiger partial charge in [-0.05, 0) is 0 Å². The molecule has 1 rings (SSSR count). The van der Waals surface area contributed by atoms with Crippen molar-refractivity contribution >= 4 is 29.3 Å². The fourth-order valence-corrected chi connectivity index (χ4v) is 2.02. The Morgan fingerprint density at radius 3 is 3.00 bits per heavy atom. The molecule has 84 valence electrons. The molecular weight excluding hydrogens is 238 g/mol. The first kappa shape index (κ1) is 12.4. The van der Waals surface area contributed by atoms with E-state index in [4.69, 9.17) is 22.4 Å². The maximum Gasteiger partial charge on any atom is 0.321 e. The lowest BCUT2D eigenvalue weighted by atomic mass is 10.4. The number of nitrogens with zero attached hydrogens (tertiary/aromatic N) is 2. The quantitative estimate of drug-likeness (QED) is 0.804. The van der Waals surface area contributed by atoms with Gasteiger partial charge in [0.15, 0.2) is 0 Å². The zero-order chi connectivity index (χ0) is 11.4. The normalized spacial score (nSPS) is 12.7. The molecule has 15 heavy (non-hydrogen) atoms. The summed E-state index contributed by atoms with van der Waals surface area (Å²) in [5, 5.41) is 9.12. The largest absolute Gasteiger partial charge is 0.480 e. The van der Waals surface area contributed by atoms with Gasteiger partial charge in [-0.25, -0.2) is 4.98 Å². The molecule has 1 atom stereocenters. The van der Waals surface area contributed by atoms with Crippen LogP contribution in [0, 0.1) is 0 Å². The smallest absolute Gasteiger partial charge is 0.321 e. The van der Waals surface area contributed by atoms with Gasteiger partial charge >= 0.3 is 5.97 Å². The molecule has 3 N–H and O–H groups in total. The summed E-state index contributed by atoms with van der Waals surface area (Å²) in [7, 11) is 1.81. The summed E-state index contributed by atoms with van der Waals surface area (Å²) in [5.74, 6) is 0.785. The molecular formula is C8H12ClN3O2S. The Kier molecular flexibility index (Phi) is 4.44. The predicted octanol–water partition coefficient (Wildman–Crippen LogP) is 0.719. The lowest BCUT2D eigenvalue weighted by molar-refractivity contribution is -0.137. The number of carbonyl (C=O) groups is 1. The SMILES string of the molecule is Cn1c(Cl)cnc1CSCC(N)C(=O)O. The monoisotopic (exact) mass is 249 g/mol. The molecule has 0 bridgehead atoms. The molecule has 1 aromatic heterocycles. The summed E-state index contributed by atoms with van der Waals surface area (Å²) in [5.41, 5.74) is 5.35. The van der Waals surface area contributed by atoms with Gasteiger partial charge in [-0.3, -0.25) is 4.79 Å². The van der Waals surface area contributed by atoms with Crippen LogP contribution < -0.4 is 5.73 Å². The summed E-state index contributed by atoms with van der Waals surface area (Å²) < 4.78 is 1.75. The van der Waals surface area contributed by atoms with Gasteiger partial charge in [0.1, 0.15) is 17.0 Å². The average molecular weight is 250 g/mol. The van der Waals surface area contributed by atoms with Crippen LogP contribution in [0.15, 0.2) is 6.20 Å². The van der Waals surface area contributed by atoms with E-state index in [-0.39, 0.29) is 0 Å². The van der Waals surface area contributed by atoms with Crippen LogP contribution >= 0.6 is 23.4 Å². The second kappa shape index (κ2) is 5.39. The maximum atomic E-state index is 10.4. The molecule has 1 heterocycles. The minimum atomic E-state index is -0.986. The number of nitrogens with two attached hydrogens (primary N) is 1. The highest BCUT2D eigenvalue weighted by molar-refractivity contribution is 7.98. The number of hydrogen-bond donors (Lipinski definition) is 2. The summed E-state index contributed by atoms with van der Waals surface area (Å²) in [6.45, 7) is 0. The Labute approximate surface area is 96.6 Å². The third-order valence-electron chi connectivity index (χ3n) is 1.87. The van der Waals surface area contributed by atoms with E-state index in [9.17, 15) is 4.79 Å². The van der Waals surface area contributed by atoms with Crippen molar-refractivity contribution in [1.82, 2.24) is 9.55 Å². The lowest BCUT2D eigenvalue weighted by Gasteiger charge is -2.05. The maximum absolute atomic E-state index is 10.4. The molecule has 1 aromatic rings. The average Bonchev–Trinajstić information content (AvgIpc) is 2.49. The highest BCUT2D eigenvalue weighted by atomic mass is 35.5. The molecule has 7 heteroatoms. The van der Waals surface area contributed by atoms with E-state index in [0.29, 0.717) is 16.7 Å². The minimum absolute atomic E-state index is 0.361. The van der Waals surface area contributed by atoms with Gasteiger partial charge in [-0.1, -0.05) is 11.6 Å². The van der Waals surface area contributed by atoms with Crippen LogP contribution in [0.3, 0.4) is 0 Å². The van der Waals surface area contributed by atoms with Crippen LogP contribution in [-0.4, -0.2) is 32.4 Å². The van der Waals surface area contributed by atoms with Crippen molar-refractivity contribution in [3.8, 4) is 0 Å². The molecule has 0 aliphatic rings. The number of rotatable bonds is 5. The topological polar surface area (TPSA) is 81.1 Å². The Bertz CT molecular complexity index is 356. The fraction of sp³-hybridized carbons (Fsp3) is 0.500. The third kappa shape index (κ3) is 3.40. The third-order valence-corrected chi connectivity index (χ3v) is 3.28. The summed E-state index contributed by atoms with van der Waals surface area (Å²) in [6.07, 6.45) is 1.56. The number of hydrogen-bond acceptors (Lipinski definition) is 4. The standard InChI is InChI=1S/C8H12ClN3O2S/c1-12-6(9)2-11-7(12)4-15-3-5(10)8(13)14/h2,5H,3-4,10H2,1H3,(H,13,14). The molecule has 0 aliphatic carbocycles. The first-order valence-corrected chi connectivity index (χ1v) is 5.78. The molecule has 1 unspecified atom stereocenters. The Morgan fingerprint density at radius 2 is 2.53 bits per heavy atom. The van der Waals surface area contributed by atoms with Gasteiger partial charge in [0, 0.05) is 12.8 Å². The van der Waals surface area contributed by atoms with Gasteiger partial charge < -0.3 is 15.4 Å². The van der Waals surface area contributed by atoms with Gasteiger partial charge in [-0.15, -0.1) is 0 Å². The van der Waals surface area contributed by atoms with Crippen LogP contribution in [-0.2, 0) is 17.6 Å². The van der Waals surface area contributed by atoms with Crippen molar-refractivity contribution in [2.45, 2.75) is 11.8 Å². The fourth-order valence-electron chi connectivity index (χ4n) is 0.907. The second-order valence-electron chi connectivity index (χ2n) is 3.02. The number of halogens is 1. The number of carboxylic acid groups (broad SMARTS) is 1. The molecule has 0 aromatic carbocycles. The van der Waals surface area contributed by atoms with Crippen LogP contribution in [0.1, 0.15) is 5.82 Å². The van der Waals surface area contributed by atoms with E-state index in [0.717, 1.165) is 5.82 Å². The van der Waals surface area contributed by atoms with Gasteiger partial charge in [0.25, 0.3) is 0 Å². The van der Waals surface area contributed by atoms with Crippen LogP contribution in [0.25, 0.3) is 0 Å². The number of thioether (sulfide) groups is 1. The van der Waals surface area contributed by atoms with Crippen molar-refractivity contribution in [3.05, 3.63) is 17.2 Å². The van der Waals surface area contributed by atoms with E-state index >= 15 is 0 Å². The molecule has 0 fully saturated rings. The van der Waals surface area contributed by atoms with Gasteiger partial charge in [-0.2, -0.15) is 11.8 Å². The molecule has 0 radical (unpaired) electrons. The minimum Gasteiger partial charge on any atom is -0.480 e. The van der Waals surface area contributed by atoms with Crippen LogP contribution in [0.4, 0.5) is 0 Å². The Hall–Kier alpha value is -0.720. The second-order valence-corrected chi connectivity index (χ2v) is 4.43. The molecule has 0 saturated carbocycles. The lowest BCUT2D eigenvalue weighted by Crippen LogP contribution is -2.32.